The number of nitrogens with zero attached hydrogens (tertiary/aromatic N) is 2. The van der Waals surface area contributed by atoms with Gasteiger partial charge >= 0.3 is 5.97 Å². The van der Waals surface area contributed by atoms with E-state index in [-0.39, 0.29) is 23.6 Å². The molecule has 0 N–H and O–H groups in total. The SMILES string of the molecule is CCOC(=O)Cc1cn2c(C=O)c(-c3ccccc3F)nc2s1. The lowest BCUT2D eigenvalue weighted by Crippen LogP contribution is -2.06. The Bertz CT molecular complexity index is 885. The van der Waals surface area contributed by atoms with Crippen LogP contribution in [0.25, 0.3) is 16.2 Å². The molecule has 3 rings (SSSR count). The Morgan fingerprint density at radius 3 is 2.91 bits per heavy atom. The zero-order valence-corrected chi connectivity index (χ0v) is 13.1. The maximum atomic E-state index is 13.9. The van der Waals surface area contributed by atoms with E-state index in [0.29, 0.717) is 23.5 Å². The highest BCUT2D eigenvalue weighted by Gasteiger charge is 2.19. The largest absolute Gasteiger partial charge is 0.466 e. The van der Waals surface area contributed by atoms with Gasteiger partial charge in [0.1, 0.15) is 17.2 Å². The van der Waals surface area contributed by atoms with Crippen molar-refractivity contribution in [2.24, 2.45) is 0 Å². The fourth-order valence-corrected chi connectivity index (χ4v) is 3.28. The van der Waals surface area contributed by atoms with Crippen LogP contribution in [0.2, 0.25) is 0 Å². The van der Waals surface area contributed by atoms with Crippen LogP contribution in [0.1, 0.15) is 22.3 Å². The number of halogens is 1. The Balaban J connectivity index is 2.03. The molecule has 0 unspecified atom stereocenters. The maximum Gasteiger partial charge on any atom is 0.311 e. The zero-order valence-electron chi connectivity index (χ0n) is 12.3. The first kappa shape index (κ1) is 15.4. The van der Waals surface area contributed by atoms with Gasteiger partial charge in [-0.05, 0) is 19.1 Å². The Morgan fingerprint density at radius 2 is 2.22 bits per heavy atom. The van der Waals surface area contributed by atoms with Crippen molar-refractivity contribution in [2.45, 2.75) is 13.3 Å². The number of thiazole rings is 1. The molecule has 3 aromatic rings. The van der Waals surface area contributed by atoms with Crippen LogP contribution in [0.5, 0.6) is 0 Å². The minimum absolute atomic E-state index is 0.120. The number of hydrogen-bond acceptors (Lipinski definition) is 5. The normalized spacial score (nSPS) is 10.9. The Kier molecular flexibility index (Phi) is 4.20. The third-order valence-corrected chi connectivity index (χ3v) is 4.26. The van der Waals surface area contributed by atoms with Gasteiger partial charge in [-0.15, -0.1) is 11.3 Å². The van der Waals surface area contributed by atoms with Crippen molar-refractivity contribution < 1.29 is 18.7 Å². The summed E-state index contributed by atoms with van der Waals surface area (Å²) in [4.78, 5) is 28.6. The van der Waals surface area contributed by atoms with E-state index in [0.717, 1.165) is 4.88 Å². The molecular weight excluding hydrogens is 319 g/mol. The van der Waals surface area contributed by atoms with Crippen molar-refractivity contribution in [1.29, 1.82) is 0 Å². The maximum absolute atomic E-state index is 13.9. The standard InChI is InChI=1S/C16H13FN2O3S/c1-2-22-14(21)7-10-8-19-13(9-20)15(18-16(19)23-10)11-5-3-4-6-12(11)17/h3-6,8-9H,2,7H2,1H3. The fraction of sp³-hybridized carbons (Fsp3) is 0.188. The molecule has 118 valence electrons. The smallest absolute Gasteiger partial charge is 0.311 e. The number of ether oxygens (including phenoxy) is 1. The molecule has 0 amide bonds. The van der Waals surface area contributed by atoms with E-state index in [4.69, 9.17) is 4.74 Å². The van der Waals surface area contributed by atoms with Gasteiger partial charge < -0.3 is 4.74 Å². The summed E-state index contributed by atoms with van der Waals surface area (Å²) in [7, 11) is 0. The van der Waals surface area contributed by atoms with E-state index in [1.807, 2.05) is 0 Å². The average Bonchev–Trinajstić information content (AvgIpc) is 3.04. The van der Waals surface area contributed by atoms with Crippen molar-refractivity contribution in [3.8, 4) is 11.3 Å². The Hall–Kier alpha value is -2.54. The van der Waals surface area contributed by atoms with Crippen molar-refractivity contribution >= 4 is 28.6 Å². The first-order valence-corrected chi connectivity index (χ1v) is 7.82. The van der Waals surface area contributed by atoms with Gasteiger partial charge in [-0.2, -0.15) is 0 Å². The molecule has 0 atom stereocenters. The second-order valence-corrected chi connectivity index (χ2v) is 5.87. The second-order valence-electron chi connectivity index (χ2n) is 4.78. The van der Waals surface area contributed by atoms with Crippen LogP contribution in [0, 0.1) is 5.82 Å². The summed E-state index contributed by atoms with van der Waals surface area (Å²) in [6.45, 7) is 2.06. The quantitative estimate of drug-likeness (QED) is 0.532. The van der Waals surface area contributed by atoms with Gasteiger partial charge in [0.25, 0.3) is 0 Å². The van der Waals surface area contributed by atoms with Gasteiger partial charge in [0, 0.05) is 16.6 Å². The third kappa shape index (κ3) is 2.87. The van der Waals surface area contributed by atoms with Crippen LogP contribution in [0.15, 0.2) is 30.5 Å². The van der Waals surface area contributed by atoms with Crippen LogP contribution in [0.3, 0.4) is 0 Å². The molecule has 0 aliphatic heterocycles. The highest BCUT2D eigenvalue weighted by Crippen LogP contribution is 2.29. The highest BCUT2D eigenvalue weighted by molar-refractivity contribution is 7.17. The average molecular weight is 332 g/mol. The Morgan fingerprint density at radius 1 is 1.43 bits per heavy atom. The number of fused-ring (bicyclic) bond motifs is 1. The monoisotopic (exact) mass is 332 g/mol. The predicted octanol–water partition coefficient (Wildman–Crippen LogP) is 3.12. The number of aldehydes is 1. The van der Waals surface area contributed by atoms with E-state index in [9.17, 15) is 14.0 Å². The summed E-state index contributed by atoms with van der Waals surface area (Å²) >= 11 is 1.27. The first-order chi connectivity index (χ1) is 11.1. The molecule has 2 aromatic heterocycles. The summed E-state index contributed by atoms with van der Waals surface area (Å²) in [6, 6.07) is 6.17. The minimum atomic E-state index is -0.437. The Labute approximate surface area is 135 Å². The molecule has 1 aromatic carbocycles. The molecular formula is C16H13FN2O3S. The molecule has 23 heavy (non-hydrogen) atoms. The predicted molar refractivity (Wildman–Crippen MR) is 84.2 cm³/mol. The first-order valence-electron chi connectivity index (χ1n) is 7.00. The van der Waals surface area contributed by atoms with E-state index in [2.05, 4.69) is 4.98 Å². The number of imidazole rings is 1. The lowest BCUT2D eigenvalue weighted by Gasteiger charge is -2.00. The molecule has 2 heterocycles. The number of aromatic nitrogens is 2. The van der Waals surface area contributed by atoms with E-state index < -0.39 is 5.82 Å². The molecule has 5 nitrogen and oxygen atoms in total. The van der Waals surface area contributed by atoms with E-state index >= 15 is 0 Å². The van der Waals surface area contributed by atoms with Crippen molar-refractivity contribution in [3.63, 3.8) is 0 Å². The van der Waals surface area contributed by atoms with Crippen molar-refractivity contribution in [1.82, 2.24) is 9.38 Å². The molecule has 0 fully saturated rings. The van der Waals surface area contributed by atoms with Crippen LogP contribution < -0.4 is 0 Å². The molecule has 0 spiro atoms. The number of carbonyl (C=O) groups is 2. The van der Waals surface area contributed by atoms with Crippen LogP contribution in [-0.2, 0) is 16.0 Å². The van der Waals surface area contributed by atoms with E-state index in [1.165, 1.54) is 17.4 Å². The van der Waals surface area contributed by atoms with E-state index in [1.54, 1.807) is 35.7 Å². The fourth-order valence-electron chi connectivity index (χ4n) is 2.31. The number of esters is 1. The summed E-state index contributed by atoms with van der Waals surface area (Å²) in [5.74, 6) is -0.771. The molecule has 0 aliphatic rings. The van der Waals surface area contributed by atoms with Crippen LogP contribution >= 0.6 is 11.3 Å². The lowest BCUT2D eigenvalue weighted by molar-refractivity contribution is -0.142. The van der Waals surface area contributed by atoms with Gasteiger partial charge in [0.15, 0.2) is 11.2 Å². The van der Waals surface area contributed by atoms with Gasteiger partial charge in [0.2, 0.25) is 0 Å². The molecule has 0 saturated heterocycles. The molecule has 0 radical (unpaired) electrons. The number of hydrogen-bond donors (Lipinski definition) is 0. The van der Waals surface area contributed by atoms with Gasteiger partial charge in [-0.25, -0.2) is 9.37 Å². The van der Waals surface area contributed by atoms with Crippen molar-refractivity contribution in [3.05, 3.63) is 46.9 Å². The van der Waals surface area contributed by atoms with Crippen molar-refractivity contribution in [2.75, 3.05) is 6.61 Å². The summed E-state index contributed by atoms with van der Waals surface area (Å²) < 4.78 is 20.4. The van der Waals surface area contributed by atoms with Gasteiger partial charge in [0.05, 0.1) is 13.0 Å². The topological polar surface area (TPSA) is 60.7 Å². The molecule has 0 saturated carbocycles. The zero-order chi connectivity index (χ0) is 16.4. The van der Waals surface area contributed by atoms with Crippen LogP contribution in [-0.4, -0.2) is 28.2 Å². The second kappa shape index (κ2) is 6.29. The third-order valence-electron chi connectivity index (χ3n) is 3.28. The minimum Gasteiger partial charge on any atom is -0.466 e. The number of rotatable bonds is 5. The van der Waals surface area contributed by atoms with Crippen LogP contribution in [0.4, 0.5) is 4.39 Å². The highest BCUT2D eigenvalue weighted by atomic mass is 32.1. The number of carbonyl (C=O) groups excluding carboxylic acids is 2. The molecule has 0 bridgehead atoms. The lowest BCUT2D eigenvalue weighted by atomic mass is 10.1. The molecule has 0 aliphatic carbocycles. The summed E-state index contributed by atoms with van der Waals surface area (Å²) in [5.41, 5.74) is 0.834. The summed E-state index contributed by atoms with van der Waals surface area (Å²) in [5, 5.41) is 0. The van der Waals surface area contributed by atoms with Gasteiger partial charge in [-0.1, -0.05) is 12.1 Å². The van der Waals surface area contributed by atoms with Gasteiger partial charge in [-0.3, -0.25) is 14.0 Å². The number of benzene rings is 1. The molecule has 7 heteroatoms. The summed E-state index contributed by atoms with van der Waals surface area (Å²) in [6.07, 6.45) is 2.43.